The molecular weight excluding hydrogens is 218 g/mol. The van der Waals surface area contributed by atoms with Gasteiger partial charge in [0.15, 0.2) is 6.10 Å². The quantitative estimate of drug-likeness (QED) is 0.542. The van der Waals surface area contributed by atoms with Gasteiger partial charge in [-0.05, 0) is 37.1 Å². The third-order valence-electron chi connectivity index (χ3n) is 2.72. The van der Waals surface area contributed by atoms with Crippen molar-refractivity contribution >= 4 is 17.4 Å². The van der Waals surface area contributed by atoms with Crippen LogP contribution in [0.2, 0.25) is 0 Å². The standard InChI is InChI=1S/C12H15N3O2/c1-7(12(13)14)17-9-3-4-10-8(6-9)2-5-11(16)15-10/h3-4,6-7H,2,5H2,1H3,(H3,13,14)(H,15,16). The van der Waals surface area contributed by atoms with Crippen molar-refractivity contribution in [3.63, 3.8) is 0 Å². The van der Waals surface area contributed by atoms with Gasteiger partial charge in [0.25, 0.3) is 0 Å². The first-order valence-corrected chi connectivity index (χ1v) is 5.49. The molecule has 0 spiro atoms. The predicted octanol–water partition coefficient (Wildman–Crippen LogP) is 1.27. The number of fused-ring (bicyclic) bond motifs is 1. The molecule has 0 aliphatic carbocycles. The molecule has 1 aliphatic rings. The normalized spacial score (nSPS) is 15.7. The minimum atomic E-state index is -0.439. The van der Waals surface area contributed by atoms with Gasteiger partial charge in [0.2, 0.25) is 5.91 Å². The Labute approximate surface area is 99.5 Å². The summed E-state index contributed by atoms with van der Waals surface area (Å²) in [5, 5.41) is 10.1. The molecule has 1 atom stereocenters. The summed E-state index contributed by atoms with van der Waals surface area (Å²) >= 11 is 0. The molecule has 1 amide bonds. The largest absolute Gasteiger partial charge is 0.483 e. The zero-order valence-corrected chi connectivity index (χ0v) is 9.62. The Bertz CT molecular complexity index is 471. The Morgan fingerprint density at radius 2 is 2.29 bits per heavy atom. The van der Waals surface area contributed by atoms with E-state index in [-0.39, 0.29) is 11.7 Å². The third kappa shape index (κ3) is 2.55. The highest BCUT2D eigenvalue weighted by Gasteiger charge is 2.16. The minimum absolute atomic E-state index is 0.00368. The first-order valence-electron chi connectivity index (χ1n) is 5.49. The maximum Gasteiger partial charge on any atom is 0.224 e. The zero-order chi connectivity index (χ0) is 12.4. The van der Waals surface area contributed by atoms with Crippen LogP contribution in [-0.2, 0) is 11.2 Å². The molecule has 0 saturated heterocycles. The van der Waals surface area contributed by atoms with Gasteiger partial charge in [-0.2, -0.15) is 0 Å². The van der Waals surface area contributed by atoms with E-state index in [0.29, 0.717) is 18.6 Å². The molecule has 1 aliphatic heterocycles. The summed E-state index contributed by atoms with van der Waals surface area (Å²) in [5.41, 5.74) is 7.23. The molecule has 0 aromatic heterocycles. The second-order valence-electron chi connectivity index (χ2n) is 4.08. The second kappa shape index (κ2) is 4.45. The van der Waals surface area contributed by atoms with Gasteiger partial charge in [0.05, 0.1) is 0 Å². The summed E-state index contributed by atoms with van der Waals surface area (Å²) in [4.78, 5) is 11.2. The van der Waals surface area contributed by atoms with Crippen molar-refractivity contribution in [2.75, 3.05) is 5.32 Å². The highest BCUT2D eigenvalue weighted by molar-refractivity contribution is 5.94. The number of anilines is 1. The van der Waals surface area contributed by atoms with Crippen LogP contribution < -0.4 is 15.8 Å². The molecule has 1 heterocycles. The summed E-state index contributed by atoms with van der Waals surface area (Å²) in [5.74, 6) is 0.710. The number of benzene rings is 1. The van der Waals surface area contributed by atoms with E-state index in [9.17, 15) is 4.79 Å². The summed E-state index contributed by atoms with van der Waals surface area (Å²) in [7, 11) is 0. The van der Waals surface area contributed by atoms with E-state index >= 15 is 0 Å². The number of hydrogen-bond donors (Lipinski definition) is 3. The molecule has 0 fully saturated rings. The van der Waals surface area contributed by atoms with Gasteiger partial charge in [-0.3, -0.25) is 10.2 Å². The van der Waals surface area contributed by atoms with Crippen LogP contribution in [0.1, 0.15) is 18.9 Å². The fraction of sp³-hybridized carbons (Fsp3) is 0.333. The van der Waals surface area contributed by atoms with E-state index in [2.05, 4.69) is 5.32 Å². The van der Waals surface area contributed by atoms with Crippen LogP contribution in [0.4, 0.5) is 5.69 Å². The molecule has 5 heteroatoms. The van der Waals surface area contributed by atoms with Gasteiger partial charge in [-0.1, -0.05) is 0 Å². The lowest BCUT2D eigenvalue weighted by Crippen LogP contribution is -2.30. The maximum atomic E-state index is 11.2. The number of aryl methyl sites for hydroxylation is 1. The number of ether oxygens (including phenoxy) is 1. The number of amides is 1. The summed E-state index contributed by atoms with van der Waals surface area (Å²) in [6, 6.07) is 5.46. The molecular formula is C12H15N3O2. The number of nitrogens with two attached hydrogens (primary N) is 1. The molecule has 90 valence electrons. The van der Waals surface area contributed by atoms with Crippen LogP contribution >= 0.6 is 0 Å². The van der Waals surface area contributed by atoms with Crippen molar-refractivity contribution in [3.05, 3.63) is 23.8 Å². The predicted molar refractivity (Wildman–Crippen MR) is 65.4 cm³/mol. The van der Waals surface area contributed by atoms with E-state index in [1.54, 1.807) is 13.0 Å². The average Bonchev–Trinajstić information content (AvgIpc) is 2.29. The molecule has 0 saturated carbocycles. The van der Waals surface area contributed by atoms with Gasteiger partial charge in [0, 0.05) is 12.1 Å². The van der Waals surface area contributed by atoms with Crippen molar-refractivity contribution in [2.24, 2.45) is 5.73 Å². The highest BCUT2D eigenvalue weighted by atomic mass is 16.5. The molecule has 17 heavy (non-hydrogen) atoms. The van der Waals surface area contributed by atoms with Crippen molar-refractivity contribution in [3.8, 4) is 5.75 Å². The fourth-order valence-electron chi connectivity index (χ4n) is 1.70. The van der Waals surface area contributed by atoms with Crippen molar-refractivity contribution in [2.45, 2.75) is 25.9 Å². The number of amidine groups is 1. The second-order valence-corrected chi connectivity index (χ2v) is 4.08. The Morgan fingerprint density at radius 3 is 3.00 bits per heavy atom. The summed E-state index contributed by atoms with van der Waals surface area (Å²) in [6.07, 6.45) is 0.775. The van der Waals surface area contributed by atoms with Gasteiger partial charge < -0.3 is 15.8 Å². The van der Waals surface area contributed by atoms with Crippen LogP contribution in [0.15, 0.2) is 18.2 Å². The lowest BCUT2D eigenvalue weighted by atomic mass is 10.0. The van der Waals surface area contributed by atoms with Crippen LogP contribution in [-0.4, -0.2) is 17.8 Å². The van der Waals surface area contributed by atoms with Gasteiger partial charge in [-0.25, -0.2) is 0 Å². The van der Waals surface area contributed by atoms with E-state index < -0.39 is 6.10 Å². The summed E-state index contributed by atoms with van der Waals surface area (Å²) < 4.78 is 5.51. The lowest BCUT2D eigenvalue weighted by Gasteiger charge is -2.19. The smallest absolute Gasteiger partial charge is 0.224 e. The van der Waals surface area contributed by atoms with Gasteiger partial charge >= 0.3 is 0 Å². The first-order chi connectivity index (χ1) is 8.06. The zero-order valence-electron chi connectivity index (χ0n) is 9.62. The maximum absolute atomic E-state index is 11.2. The average molecular weight is 233 g/mol. The van der Waals surface area contributed by atoms with E-state index in [1.807, 2.05) is 12.1 Å². The Morgan fingerprint density at radius 1 is 1.53 bits per heavy atom. The molecule has 1 aromatic carbocycles. The van der Waals surface area contributed by atoms with Crippen LogP contribution in [0.25, 0.3) is 0 Å². The molecule has 5 nitrogen and oxygen atoms in total. The molecule has 2 rings (SSSR count). The highest BCUT2D eigenvalue weighted by Crippen LogP contribution is 2.27. The number of carbonyl (C=O) groups excluding carboxylic acids is 1. The number of rotatable bonds is 3. The SMILES string of the molecule is CC(Oc1ccc2c(c1)CCC(=O)N2)C(=N)N. The lowest BCUT2D eigenvalue weighted by molar-refractivity contribution is -0.116. The molecule has 0 bridgehead atoms. The number of hydrogen-bond acceptors (Lipinski definition) is 3. The first kappa shape index (κ1) is 11.4. The van der Waals surface area contributed by atoms with Crippen molar-refractivity contribution in [1.82, 2.24) is 0 Å². The molecule has 0 radical (unpaired) electrons. The van der Waals surface area contributed by atoms with Crippen molar-refractivity contribution < 1.29 is 9.53 Å². The number of nitrogens with one attached hydrogen (secondary N) is 2. The number of carbonyl (C=O) groups is 1. The minimum Gasteiger partial charge on any atom is -0.483 e. The van der Waals surface area contributed by atoms with Crippen LogP contribution in [0.5, 0.6) is 5.75 Å². The molecule has 1 unspecified atom stereocenters. The third-order valence-corrected chi connectivity index (χ3v) is 2.72. The van der Waals surface area contributed by atoms with Crippen LogP contribution in [0.3, 0.4) is 0 Å². The Hall–Kier alpha value is -2.04. The van der Waals surface area contributed by atoms with E-state index in [0.717, 1.165) is 11.3 Å². The Balaban J connectivity index is 2.16. The van der Waals surface area contributed by atoms with Gasteiger partial charge in [-0.15, -0.1) is 0 Å². The van der Waals surface area contributed by atoms with Crippen LogP contribution in [0, 0.1) is 5.41 Å². The topological polar surface area (TPSA) is 88.2 Å². The molecule has 1 aromatic rings. The fourth-order valence-corrected chi connectivity index (χ4v) is 1.70. The van der Waals surface area contributed by atoms with E-state index in [1.165, 1.54) is 0 Å². The van der Waals surface area contributed by atoms with Crippen molar-refractivity contribution in [1.29, 1.82) is 5.41 Å². The van der Waals surface area contributed by atoms with Gasteiger partial charge in [0.1, 0.15) is 11.6 Å². The molecule has 4 N–H and O–H groups in total. The Kier molecular flexibility index (Phi) is 2.99. The van der Waals surface area contributed by atoms with E-state index in [4.69, 9.17) is 15.9 Å². The summed E-state index contributed by atoms with van der Waals surface area (Å²) in [6.45, 7) is 1.73. The monoisotopic (exact) mass is 233 g/mol.